The van der Waals surface area contributed by atoms with Crippen molar-refractivity contribution in [1.29, 1.82) is 0 Å². The monoisotopic (exact) mass is 316 g/mol. The van der Waals surface area contributed by atoms with Crippen molar-refractivity contribution in [2.75, 3.05) is 62.6 Å². The molecule has 0 saturated carbocycles. The Kier molecular flexibility index (Phi) is 5.79. The number of benzene rings is 1. The molecular formula is C19H32N4. The SMILES string of the molecule is CCc1cc(NCCN2CCCC2)c(C)c(N2CCNCC2)c1. The molecule has 1 aromatic carbocycles. The Labute approximate surface area is 141 Å². The van der Waals surface area contributed by atoms with Gasteiger partial charge in [-0.05, 0) is 62.5 Å². The van der Waals surface area contributed by atoms with Crippen LogP contribution in [0.3, 0.4) is 0 Å². The lowest BCUT2D eigenvalue weighted by Gasteiger charge is -2.32. The standard InChI is InChI=1S/C19H32N4/c1-3-17-14-18(21-8-11-22-9-4-5-10-22)16(2)19(15-17)23-12-6-20-7-13-23/h14-15,20-21H,3-13H2,1-2H3. The summed E-state index contributed by atoms with van der Waals surface area (Å²) in [6.07, 6.45) is 3.84. The van der Waals surface area contributed by atoms with E-state index in [1.165, 1.54) is 55.0 Å². The third-order valence-electron chi connectivity index (χ3n) is 5.25. The van der Waals surface area contributed by atoms with Crippen LogP contribution in [0.5, 0.6) is 0 Å². The van der Waals surface area contributed by atoms with Crippen molar-refractivity contribution in [3.8, 4) is 0 Å². The maximum atomic E-state index is 3.71. The van der Waals surface area contributed by atoms with Gasteiger partial charge in [-0.1, -0.05) is 6.92 Å². The number of likely N-dealkylation sites (tertiary alicyclic amines) is 1. The van der Waals surface area contributed by atoms with Crippen molar-refractivity contribution in [1.82, 2.24) is 10.2 Å². The second kappa shape index (κ2) is 8.02. The van der Waals surface area contributed by atoms with E-state index in [-0.39, 0.29) is 0 Å². The van der Waals surface area contributed by atoms with Crippen molar-refractivity contribution in [3.63, 3.8) is 0 Å². The van der Waals surface area contributed by atoms with E-state index >= 15 is 0 Å². The van der Waals surface area contributed by atoms with E-state index in [1.54, 1.807) is 0 Å². The second-order valence-electron chi connectivity index (χ2n) is 6.85. The minimum absolute atomic E-state index is 1.05. The highest BCUT2D eigenvalue weighted by Gasteiger charge is 2.16. The molecule has 3 rings (SSSR count). The quantitative estimate of drug-likeness (QED) is 0.844. The summed E-state index contributed by atoms with van der Waals surface area (Å²) in [5.74, 6) is 0. The van der Waals surface area contributed by atoms with Gasteiger partial charge in [0.15, 0.2) is 0 Å². The number of hydrogen-bond donors (Lipinski definition) is 2. The van der Waals surface area contributed by atoms with Crippen LogP contribution in [0.1, 0.15) is 30.9 Å². The Hall–Kier alpha value is -1.26. The van der Waals surface area contributed by atoms with Crippen LogP contribution in [0.25, 0.3) is 0 Å². The van der Waals surface area contributed by atoms with Crippen molar-refractivity contribution >= 4 is 11.4 Å². The average Bonchev–Trinajstić information content (AvgIpc) is 3.10. The van der Waals surface area contributed by atoms with Gasteiger partial charge in [0.1, 0.15) is 0 Å². The fourth-order valence-corrected chi connectivity index (χ4v) is 3.73. The maximum Gasteiger partial charge on any atom is 0.0420 e. The fourth-order valence-electron chi connectivity index (χ4n) is 3.73. The molecule has 23 heavy (non-hydrogen) atoms. The lowest BCUT2D eigenvalue weighted by atomic mass is 10.0. The average molecular weight is 316 g/mol. The molecule has 0 bridgehead atoms. The summed E-state index contributed by atoms with van der Waals surface area (Å²) in [7, 11) is 0. The van der Waals surface area contributed by atoms with Gasteiger partial charge in [0.05, 0.1) is 0 Å². The molecule has 0 aromatic heterocycles. The molecule has 0 amide bonds. The molecule has 0 unspecified atom stereocenters. The van der Waals surface area contributed by atoms with Crippen LogP contribution < -0.4 is 15.5 Å². The van der Waals surface area contributed by atoms with Gasteiger partial charge in [0.2, 0.25) is 0 Å². The molecule has 0 spiro atoms. The first kappa shape index (κ1) is 16.6. The maximum absolute atomic E-state index is 3.71. The summed E-state index contributed by atoms with van der Waals surface area (Å²) in [5, 5.41) is 7.16. The van der Waals surface area contributed by atoms with E-state index < -0.39 is 0 Å². The Bertz CT molecular complexity index is 502. The Morgan fingerprint density at radius 2 is 1.83 bits per heavy atom. The van der Waals surface area contributed by atoms with Crippen LogP contribution in [0.2, 0.25) is 0 Å². The summed E-state index contributed by atoms with van der Waals surface area (Å²) in [5.41, 5.74) is 5.60. The van der Waals surface area contributed by atoms with E-state index in [0.29, 0.717) is 0 Å². The minimum Gasteiger partial charge on any atom is -0.383 e. The molecule has 2 N–H and O–H groups in total. The van der Waals surface area contributed by atoms with Crippen LogP contribution >= 0.6 is 0 Å². The number of rotatable bonds is 6. The van der Waals surface area contributed by atoms with Gasteiger partial charge in [-0.2, -0.15) is 0 Å². The smallest absolute Gasteiger partial charge is 0.0420 e. The third kappa shape index (κ3) is 4.18. The van der Waals surface area contributed by atoms with Gasteiger partial charge in [0, 0.05) is 50.6 Å². The number of aryl methyl sites for hydroxylation is 1. The predicted molar refractivity (Wildman–Crippen MR) is 99.8 cm³/mol. The van der Waals surface area contributed by atoms with Crippen molar-refractivity contribution < 1.29 is 0 Å². The van der Waals surface area contributed by atoms with Crippen LogP contribution in [-0.2, 0) is 6.42 Å². The predicted octanol–water partition coefficient (Wildman–Crippen LogP) is 2.47. The first-order valence-corrected chi connectivity index (χ1v) is 9.33. The zero-order valence-electron chi connectivity index (χ0n) is 14.8. The van der Waals surface area contributed by atoms with Crippen molar-refractivity contribution in [2.45, 2.75) is 33.1 Å². The van der Waals surface area contributed by atoms with E-state index in [2.05, 4.69) is 46.4 Å². The highest BCUT2D eigenvalue weighted by molar-refractivity contribution is 5.68. The molecule has 2 aliphatic rings. The highest BCUT2D eigenvalue weighted by Crippen LogP contribution is 2.29. The third-order valence-corrected chi connectivity index (χ3v) is 5.25. The summed E-state index contributed by atoms with van der Waals surface area (Å²) in [6.45, 7) is 13.7. The van der Waals surface area contributed by atoms with Crippen LogP contribution in [0.4, 0.5) is 11.4 Å². The zero-order chi connectivity index (χ0) is 16.1. The van der Waals surface area contributed by atoms with Crippen molar-refractivity contribution in [2.24, 2.45) is 0 Å². The normalized spacial score (nSPS) is 19.3. The molecule has 0 aliphatic carbocycles. The summed E-state index contributed by atoms with van der Waals surface area (Å²) in [4.78, 5) is 5.11. The van der Waals surface area contributed by atoms with Gasteiger partial charge in [-0.25, -0.2) is 0 Å². The minimum atomic E-state index is 1.05. The van der Waals surface area contributed by atoms with Crippen molar-refractivity contribution in [3.05, 3.63) is 23.3 Å². The van der Waals surface area contributed by atoms with Crippen LogP contribution in [0, 0.1) is 6.92 Å². The molecule has 2 fully saturated rings. The molecule has 2 saturated heterocycles. The Morgan fingerprint density at radius 1 is 1.09 bits per heavy atom. The largest absolute Gasteiger partial charge is 0.383 e. The van der Waals surface area contributed by atoms with Gasteiger partial charge < -0.3 is 20.4 Å². The van der Waals surface area contributed by atoms with Gasteiger partial charge in [-0.15, -0.1) is 0 Å². The fraction of sp³-hybridized carbons (Fsp3) is 0.684. The lowest BCUT2D eigenvalue weighted by Crippen LogP contribution is -2.43. The number of hydrogen-bond acceptors (Lipinski definition) is 4. The molecule has 4 heteroatoms. The summed E-state index contributed by atoms with van der Waals surface area (Å²) >= 11 is 0. The number of piperazine rings is 1. The van der Waals surface area contributed by atoms with Crippen LogP contribution in [-0.4, -0.2) is 57.3 Å². The summed E-state index contributed by atoms with van der Waals surface area (Å²) < 4.78 is 0. The highest BCUT2D eigenvalue weighted by atomic mass is 15.2. The van der Waals surface area contributed by atoms with Crippen LogP contribution in [0.15, 0.2) is 12.1 Å². The number of nitrogens with one attached hydrogen (secondary N) is 2. The molecule has 4 nitrogen and oxygen atoms in total. The Morgan fingerprint density at radius 3 is 2.52 bits per heavy atom. The van der Waals surface area contributed by atoms with Gasteiger partial charge >= 0.3 is 0 Å². The molecule has 128 valence electrons. The molecule has 0 atom stereocenters. The molecule has 0 radical (unpaired) electrons. The first-order valence-electron chi connectivity index (χ1n) is 9.33. The lowest BCUT2D eigenvalue weighted by molar-refractivity contribution is 0.352. The first-order chi connectivity index (χ1) is 11.3. The second-order valence-corrected chi connectivity index (χ2v) is 6.85. The van der Waals surface area contributed by atoms with E-state index in [0.717, 1.165) is 39.1 Å². The number of nitrogens with zero attached hydrogens (tertiary/aromatic N) is 2. The summed E-state index contributed by atoms with van der Waals surface area (Å²) in [6, 6.07) is 4.75. The molecule has 2 aliphatic heterocycles. The zero-order valence-corrected chi connectivity index (χ0v) is 14.8. The van der Waals surface area contributed by atoms with Gasteiger partial charge in [-0.3, -0.25) is 0 Å². The number of anilines is 2. The topological polar surface area (TPSA) is 30.5 Å². The van der Waals surface area contributed by atoms with Gasteiger partial charge in [0.25, 0.3) is 0 Å². The van der Waals surface area contributed by atoms with E-state index in [4.69, 9.17) is 0 Å². The molecular weight excluding hydrogens is 284 g/mol. The molecule has 2 heterocycles. The molecule has 1 aromatic rings. The van der Waals surface area contributed by atoms with E-state index in [9.17, 15) is 0 Å². The van der Waals surface area contributed by atoms with E-state index in [1.807, 2.05) is 0 Å². The Balaban J connectivity index is 1.69.